The van der Waals surface area contributed by atoms with Crippen molar-refractivity contribution in [3.63, 3.8) is 0 Å². The molecule has 1 unspecified atom stereocenters. The van der Waals surface area contributed by atoms with E-state index in [2.05, 4.69) is 4.98 Å². The van der Waals surface area contributed by atoms with E-state index in [0.717, 1.165) is 5.56 Å². The fourth-order valence-electron chi connectivity index (χ4n) is 0.722. The van der Waals surface area contributed by atoms with Gasteiger partial charge in [-0.15, -0.1) is 0 Å². The maximum atomic E-state index is 9.18. The van der Waals surface area contributed by atoms with Crippen LogP contribution in [0.15, 0.2) is 24.5 Å². The molecular weight excluding hydrogens is 125 g/mol. The SMILES string of the molecule is [B]CC(O)c1ccncc1. The third-order valence-corrected chi connectivity index (χ3v) is 1.31. The molecule has 0 aliphatic heterocycles. The Morgan fingerprint density at radius 2 is 2.10 bits per heavy atom. The van der Waals surface area contributed by atoms with Gasteiger partial charge in [-0.25, -0.2) is 0 Å². The van der Waals surface area contributed by atoms with Gasteiger partial charge in [-0.3, -0.25) is 4.98 Å². The molecule has 1 N–H and O–H groups in total. The van der Waals surface area contributed by atoms with Gasteiger partial charge in [0.05, 0.1) is 14.0 Å². The van der Waals surface area contributed by atoms with Gasteiger partial charge in [-0.05, 0) is 17.7 Å². The molecule has 0 aliphatic carbocycles. The maximum Gasteiger partial charge on any atom is 0.0714 e. The van der Waals surface area contributed by atoms with E-state index in [-0.39, 0.29) is 6.32 Å². The van der Waals surface area contributed by atoms with Crippen molar-refractivity contribution in [1.82, 2.24) is 4.98 Å². The zero-order chi connectivity index (χ0) is 7.40. The molecule has 10 heavy (non-hydrogen) atoms. The molecular formula is C7H8BNO. The Balaban J connectivity index is 2.75. The number of aliphatic hydroxyl groups is 1. The molecule has 1 heterocycles. The van der Waals surface area contributed by atoms with Crippen LogP contribution in [0.5, 0.6) is 0 Å². The van der Waals surface area contributed by atoms with Crippen molar-refractivity contribution >= 4 is 7.85 Å². The van der Waals surface area contributed by atoms with Crippen molar-refractivity contribution in [2.45, 2.75) is 12.4 Å². The standard InChI is InChI=1S/C7H8BNO/c8-5-7(10)6-1-3-9-4-2-6/h1-4,7,10H,5H2. The van der Waals surface area contributed by atoms with E-state index in [1.807, 2.05) is 0 Å². The summed E-state index contributed by atoms with van der Waals surface area (Å²) in [6, 6.07) is 3.50. The lowest BCUT2D eigenvalue weighted by Crippen LogP contribution is -1.95. The smallest absolute Gasteiger partial charge is 0.0714 e. The highest BCUT2D eigenvalue weighted by Crippen LogP contribution is 2.12. The van der Waals surface area contributed by atoms with Crippen molar-refractivity contribution < 1.29 is 5.11 Å². The summed E-state index contributed by atoms with van der Waals surface area (Å²) >= 11 is 0. The van der Waals surface area contributed by atoms with Crippen molar-refractivity contribution in [3.8, 4) is 0 Å². The monoisotopic (exact) mass is 133 g/mol. The van der Waals surface area contributed by atoms with E-state index in [0.29, 0.717) is 0 Å². The van der Waals surface area contributed by atoms with E-state index in [4.69, 9.17) is 7.85 Å². The van der Waals surface area contributed by atoms with Gasteiger partial charge in [0.15, 0.2) is 0 Å². The fraction of sp³-hybridized carbons (Fsp3) is 0.286. The Morgan fingerprint density at radius 1 is 1.50 bits per heavy atom. The second-order valence-electron chi connectivity index (χ2n) is 2.03. The van der Waals surface area contributed by atoms with Crippen molar-refractivity contribution in [2.75, 3.05) is 0 Å². The summed E-state index contributed by atoms with van der Waals surface area (Å²) in [4.78, 5) is 3.81. The summed E-state index contributed by atoms with van der Waals surface area (Å²) in [5, 5.41) is 9.18. The molecule has 1 atom stereocenters. The minimum absolute atomic E-state index is 0.254. The minimum atomic E-state index is -0.553. The lowest BCUT2D eigenvalue weighted by atomic mass is 9.95. The minimum Gasteiger partial charge on any atom is -0.389 e. The van der Waals surface area contributed by atoms with E-state index in [1.54, 1.807) is 24.5 Å². The Morgan fingerprint density at radius 3 is 2.60 bits per heavy atom. The van der Waals surface area contributed by atoms with E-state index in [9.17, 15) is 5.11 Å². The van der Waals surface area contributed by atoms with E-state index in [1.165, 1.54) is 0 Å². The van der Waals surface area contributed by atoms with Gasteiger partial charge in [0.1, 0.15) is 0 Å². The summed E-state index contributed by atoms with van der Waals surface area (Å²) in [5.41, 5.74) is 0.817. The molecule has 0 aromatic carbocycles. The van der Waals surface area contributed by atoms with Crippen LogP contribution in [0.3, 0.4) is 0 Å². The van der Waals surface area contributed by atoms with Crippen LogP contribution in [0, 0.1) is 0 Å². The van der Waals surface area contributed by atoms with Crippen LogP contribution < -0.4 is 0 Å². The first-order chi connectivity index (χ1) is 4.84. The predicted octanol–water partition coefficient (Wildman–Crippen LogP) is 0.702. The molecule has 0 bridgehead atoms. The van der Waals surface area contributed by atoms with Gasteiger partial charge in [0.2, 0.25) is 0 Å². The number of aliphatic hydroxyl groups excluding tert-OH is 1. The summed E-state index contributed by atoms with van der Waals surface area (Å²) < 4.78 is 0. The van der Waals surface area contributed by atoms with Crippen molar-refractivity contribution in [1.29, 1.82) is 0 Å². The molecule has 0 spiro atoms. The molecule has 1 aromatic heterocycles. The Labute approximate surface area is 61.3 Å². The Hall–Kier alpha value is -0.825. The van der Waals surface area contributed by atoms with Crippen LogP contribution in [0.2, 0.25) is 6.32 Å². The summed E-state index contributed by atoms with van der Waals surface area (Å²) in [5.74, 6) is 0. The highest BCUT2D eigenvalue weighted by molar-refractivity contribution is 6.08. The van der Waals surface area contributed by atoms with Crippen LogP contribution in [0.1, 0.15) is 11.7 Å². The Bertz CT molecular complexity index is 190. The van der Waals surface area contributed by atoms with Gasteiger partial charge in [0, 0.05) is 12.4 Å². The first kappa shape index (κ1) is 7.28. The first-order valence-electron chi connectivity index (χ1n) is 3.12. The maximum absolute atomic E-state index is 9.18. The van der Waals surface area contributed by atoms with Crippen molar-refractivity contribution in [2.24, 2.45) is 0 Å². The topological polar surface area (TPSA) is 33.1 Å². The highest BCUT2D eigenvalue weighted by Gasteiger charge is 2.00. The number of pyridine rings is 1. The van der Waals surface area contributed by atoms with Crippen LogP contribution in [-0.2, 0) is 0 Å². The zero-order valence-electron chi connectivity index (χ0n) is 5.57. The molecule has 2 radical (unpaired) electrons. The van der Waals surface area contributed by atoms with Gasteiger partial charge in [0.25, 0.3) is 0 Å². The molecule has 0 saturated heterocycles. The van der Waals surface area contributed by atoms with Crippen molar-refractivity contribution in [3.05, 3.63) is 30.1 Å². The molecule has 1 aromatic rings. The average Bonchev–Trinajstić information content (AvgIpc) is 2.05. The largest absolute Gasteiger partial charge is 0.389 e. The lowest BCUT2D eigenvalue weighted by molar-refractivity contribution is 0.199. The number of rotatable bonds is 2. The fourth-order valence-corrected chi connectivity index (χ4v) is 0.722. The quantitative estimate of drug-likeness (QED) is 0.602. The molecule has 0 aliphatic rings. The number of aromatic nitrogens is 1. The number of nitrogens with zero attached hydrogens (tertiary/aromatic N) is 1. The van der Waals surface area contributed by atoms with Crippen LogP contribution in [-0.4, -0.2) is 17.9 Å². The molecule has 50 valence electrons. The second kappa shape index (κ2) is 3.37. The molecule has 2 nitrogen and oxygen atoms in total. The molecule has 0 fully saturated rings. The Kier molecular flexibility index (Phi) is 2.45. The summed E-state index contributed by atoms with van der Waals surface area (Å²) in [7, 11) is 5.23. The zero-order valence-corrected chi connectivity index (χ0v) is 5.57. The third-order valence-electron chi connectivity index (χ3n) is 1.31. The van der Waals surface area contributed by atoms with Gasteiger partial charge < -0.3 is 5.11 Å². The van der Waals surface area contributed by atoms with Gasteiger partial charge in [-0.1, -0.05) is 6.32 Å². The number of hydrogen-bond donors (Lipinski definition) is 1. The molecule has 1 rings (SSSR count). The van der Waals surface area contributed by atoms with E-state index < -0.39 is 6.10 Å². The normalized spacial score (nSPS) is 12.9. The second-order valence-corrected chi connectivity index (χ2v) is 2.03. The predicted molar refractivity (Wildman–Crippen MR) is 39.8 cm³/mol. The highest BCUT2D eigenvalue weighted by atomic mass is 16.3. The molecule has 0 amide bonds. The third kappa shape index (κ3) is 1.58. The van der Waals surface area contributed by atoms with E-state index >= 15 is 0 Å². The first-order valence-corrected chi connectivity index (χ1v) is 3.12. The summed E-state index contributed by atoms with van der Waals surface area (Å²) in [6.45, 7) is 0. The molecule has 3 heteroatoms. The average molecular weight is 133 g/mol. The summed E-state index contributed by atoms with van der Waals surface area (Å²) in [6.07, 6.45) is 2.97. The lowest BCUT2D eigenvalue weighted by Gasteiger charge is -2.05. The molecule has 0 saturated carbocycles. The van der Waals surface area contributed by atoms with Crippen LogP contribution in [0.25, 0.3) is 0 Å². The van der Waals surface area contributed by atoms with Gasteiger partial charge in [-0.2, -0.15) is 0 Å². The van der Waals surface area contributed by atoms with Gasteiger partial charge >= 0.3 is 0 Å². The van der Waals surface area contributed by atoms with Crippen LogP contribution in [0.4, 0.5) is 0 Å². The van der Waals surface area contributed by atoms with Crippen LogP contribution >= 0.6 is 0 Å². The number of hydrogen-bond acceptors (Lipinski definition) is 2.